The molecule has 1 aromatic carbocycles. The highest BCUT2D eigenvalue weighted by molar-refractivity contribution is 5.86. The van der Waals surface area contributed by atoms with Gasteiger partial charge in [0, 0.05) is 48.8 Å². The first-order valence-electron chi connectivity index (χ1n) is 8.94. The number of rotatable bonds is 4. The summed E-state index contributed by atoms with van der Waals surface area (Å²) in [6, 6.07) is 10.6. The second kappa shape index (κ2) is 6.60. The number of halogens is 1. The van der Waals surface area contributed by atoms with Gasteiger partial charge in [-0.15, -0.1) is 0 Å². The van der Waals surface area contributed by atoms with Crippen molar-refractivity contribution in [2.45, 2.75) is 39.5 Å². The van der Waals surface area contributed by atoms with Gasteiger partial charge in [-0.1, -0.05) is 17.7 Å². The number of nitrogens with zero attached hydrogens (tertiary/aromatic N) is 3. The van der Waals surface area contributed by atoms with Crippen LogP contribution in [0.25, 0.3) is 10.9 Å². The summed E-state index contributed by atoms with van der Waals surface area (Å²) in [6.45, 7) is 4.73. The molecule has 4 heteroatoms. The molecule has 0 saturated heterocycles. The quantitative estimate of drug-likeness (QED) is 0.716. The first kappa shape index (κ1) is 16.3. The summed E-state index contributed by atoms with van der Waals surface area (Å²) in [5.41, 5.74) is 7.27. The molecule has 0 unspecified atom stereocenters. The fourth-order valence-electron chi connectivity index (χ4n) is 3.88. The van der Waals surface area contributed by atoms with Gasteiger partial charge >= 0.3 is 0 Å². The van der Waals surface area contributed by atoms with Gasteiger partial charge < -0.3 is 9.47 Å². The molecule has 0 saturated carbocycles. The molecule has 0 spiro atoms. The molecule has 0 fully saturated rings. The second-order valence-corrected chi connectivity index (χ2v) is 7.13. The molecule has 4 rings (SSSR count). The largest absolute Gasteiger partial charge is 0.344 e. The van der Waals surface area contributed by atoms with E-state index in [1.54, 1.807) is 6.07 Å². The summed E-state index contributed by atoms with van der Waals surface area (Å²) < 4.78 is 15.1. The molecule has 3 heterocycles. The molecule has 0 N–H and O–H groups in total. The SMILES string of the molecule is Cc1ccc2c(c1)c1c(n2CCc2ccc(CF)nc2)CCN(C)C1. The lowest BCUT2D eigenvalue weighted by molar-refractivity contribution is 0.309. The van der Waals surface area contributed by atoms with Gasteiger partial charge in [-0.25, -0.2) is 4.39 Å². The van der Waals surface area contributed by atoms with Gasteiger partial charge in [-0.2, -0.15) is 0 Å². The van der Waals surface area contributed by atoms with E-state index in [1.807, 2.05) is 12.3 Å². The number of fused-ring (bicyclic) bond motifs is 3. The minimum atomic E-state index is -0.497. The Kier molecular flexibility index (Phi) is 4.30. The molecular formula is C21H24FN3. The van der Waals surface area contributed by atoms with Crippen LogP contribution in [0.3, 0.4) is 0 Å². The topological polar surface area (TPSA) is 21.1 Å². The van der Waals surface area contributed by atoms with Gasteiger partial charge in [0.25, 0.3) is 0 Å². The highest BCUT2D eigenvalue weighted by atomic mass is 19.1. The van der Waals surface area contributed by atoms with E-state index < -0.39 is 6.67 Å². The van der Waals surface area contributed by atoms with Gasteiger partial charge in [0.15, 0.2) is 0 Å². The minimum Gasteiger partial charge on any atom is -0.344 e. The zero-order valence-electron chi connectivity index (χ0n) is 14.9. The standard InChI is InChI=1S/C21H24FN3/c1-15-3-6-20-18(11-15)19-14-24(2)9-8-21(19)25(20)10-7-16-4-5-17(12-22)23-13-16/h3-6,11,13H,7-10,12,14H2,1-2H3. The van der Waals surface area contributed by atoms with E-state index in [4.69, 9.17) is 0 Å². The summed E-state index contributed by atoms with van der Waals surface area (Å²) in [7, 11) is 2.19. The third-order valence-electron chi connectivity index (χ3n) is 5.25. The average Bonchev–Trinajstić information content (AvgIpc) is 2.92. The molecule has 0 atom stereocenters. The normalized spacial score (nSPS) is 14.8. The molecule has 1 aliphatic heterocycles. The number of aryl methyl sites for hydroxylation is 3. The van der Waals surface area contributed by atoms with Crippen LogP contribution in [0.5, 0.6) is 0 Å². The van der Waals surface area contributed by atoms with Crippen molar-refractivity contribution in [3.05, 3.63) is 64.6 Å². The number of aromatic nitrogens is 2. The van der Waals surface area contributed by atoms with Crippen LogP contribution in [0.15, 0.2) is 36.5 Å². The molecule has 0 bridgehead atoms. The van der Waals surface area contributed by atoms with Crippen molar-refractivity contribution in [1.29, 1.82) is 0 Å². The number of hydrogen-bond acceptors (Lipinski definition) is 2. The van der Waals surface area contributed by atoms with E-state index in [0.29, 0.717) is 5.69 Å². The fraction of sp³-hybridized carbons (Fsp3) is 0.381. The van der Waals surface area contributed by atoms with Crippen LogP contribution in [0.2, 0.25) is 0 Å². The van der Waals surface area contributed by atoms with Crippen LogP contribution in [-0.4, -0.2) is 28.0 Å². The number of likely N-dealkylation sites (N-methyl/N-ethyl adjacent to an activating group) is 1. The van der Waals surface area contributed by atoms with E-state index in [0.717, 1.165) is 38.0 Å². The van der Waals surface area contributed by atoms with Crippen LogP contribution in [0.1, 0.15) is 28.1 Å². The van der Waals surface area contributed by atoms with Crippen LogP contribution >= 0.6 is 0 Å². The Morgan fingerprint density at radius 1 is 1.20 bits per heavy atom. The fourth-order valence-corrected chi connectivity index (χ4v) is 3.88. The van der Waals surface area contributed by atoms with Crippen LogP contribution < -0.4 is 0 Å². The van der Waals surface area contributed by atoms with E-state index in [2.05, 4.69) is 46.6 Å². The van der Waals surface area contributed by atoms with E-state index in [-0.39, 0.29) is 0 Å². The molecule has 3 aromatic rings. The van der Waals surface area contributed by atoms with E-state index in [1.165, 1.54) is 27.7 Å². The minimum absolute atomic E-state index is 0.497. The lowest BCUT2D eigenvalue weighted by Crippen LogP contribution is -2.27. The van der Waals surface area contributed by atoms with Gasteiger partial charge in [-0.05, 0) is 49.7 Å². The monoisotopic (exact) mass is 337 g/mol. The molecule has 0 aliphatic carbocycles. The smallest absolute Gasteiger partial charge is 0.131 e. The third kappa shape index (κ3) is 3.07. The summed E-state index contributed by atoms with van der Waals surface area (Å²) in [5.74, 6) is 0. The molecule has 2 aromatic heterocycles. The average molecular weight is 337 g/mol. The van der Waals surface area contributed by atoms with Crippen LogP contribution in [0, 0.1) is 6.92 Å². The maximum absolute atomic E-state index is 12.6. The van der Waals surface area contributed by atoms with Crippen LogP contribution in [0.4, 0.5) is 4.39 Å². The molecule has 0 amide bonds. The van der Waals surface area contributed by atoms with Gasteiger partial charge in [0.2, 0.25) is 0 Å². The van der Waals surface area contributed by atoms with Crippen molar-refractivity contribution >= 4 is 10.9 Å². The summed E-state index contributed by atoms with van der Waals surface area (Å²) in [4.78, 5) is 6.57. The molecule has 3 nitrogen and oxygen atoms in total. The summed E-state index contributed by atoms with van der Waals surface area (Å²) in [5, 5.41) is 1.40. The zero-order chi connectivity index (χ0) is 17.4. The van der Waals surface area contributed by atoms with Crippen molar-refractivity contribution in [2.75, 3.05) is 13.6 Å². The Bertz CT molecular complexity index is 896. The van der Waals surface area contributed by atoms with Crippen molar-refractivity contribution in [3.63, 3.8) is 0 Å². The second-order valence-electron chi connectivity index (χ2n) is 7.13. The van der Waals surface area contributed by atoms with Gasteiger partial charge in [-0.3, -0.25) is 4.98 Å². The predicted molar refractivity (Wildman–Crippen MR) is 99.5 cm³/mol. The lowest BCUT2D eigenvalue weighted by Gasteiger charge is -2.24. The highest BCUT2D eigenvalue weighted by Crippen LogP contribution is 2.31. The van der Waals surface area contributed by atoms with E-state index in [9.17, 15) is 4.39 Å². The molecular weight excluding hydrogens is 313 g/mol. The number of pyridine rings is 1. The maximum Gasteiger partial charge on any atom is 0.131 e. The van der Waals surface area contributed by atoms with Crippen molar-refractivity contribution in [2.24, 2.45) is 0 Å². The van der Waals surface area contributed by atoms with E-state index >= 15 is 0 Å². The third-order valence-corrected chi connectivity index (χ3v) is 5.25. The first-order chi connectivity index (χ1) is 12.2. The molecule has 130 valence electrons. The highest BCUT2D eigenvalue weighted by Gasteiger charge is 2.22. The van der Waals surface area contributed by atoms with Crippen molar-refractivity contribution < 1.29 is 4.39 Å². The Labute approximate surface area is 148 Å². The molecule has 1 aliphatic rings. The number of benzene rings is 1. The van der Waals surface area contributed by atoms with Crippen molar-refractivity contribution in [3.8, 4) is 0 Å². The molecule has 0 radical (unpaired) electrons. The Balaban J connectivity index is 1.68. The molecule has 25 heavy (non-hydrogen) atoms. The first-order valence-corrected chi connectivity index (χ1v) is 8.94. The summed E-state index contributed by atoms with van der Waals surface area (Å²) >= 11 is 0. The number of hydrogen-bond donors (Lipinski definition) is 0. The van der Waals surface area contributed by atoms with Crippen LogP contribution in [-0.2, 0) is 32.6 Å². The Morgan fingerprint density at radius 3 is 2.84 bits per heavy atom. The van der Waals surface area contributed by atoms with Crippen molar-refractivity contribution in [1.82, 2.24) is 14.5 Å². The summed E-state index contributed by atoms with van der Waals surface area (Å²) in [6.07, 6.45) is 3.82. The number of alkyl halides is 1. The Morgan fingerprint density at radius 2 is 2.08 bits per heavy atom. The maximum atomic E-state index is 12.6. The predicted octanol–water partition coefficient (Wildman–Crippen LogP) is 4.04. The zero-order valence-corrected chi connectivity index (χ0v) is 14.9. The Hall–Kier alpha value is -2.20. The lowest BCUT2D eigenvalue weighted by atomic mass is 10.0. The van der Waals surface area contributed by atoms with Gasteiger partial charge in [0.1, 0.15) is 6.67 Å². The van der Waals surface area contributed by atoms with Gasteiger partial charge in [0.05, 0.1) is 5.69 Å².